The zero-order chi connectivity index (χ0) is 18.5. The predicted octanol–water partition coefficient (Wildman–Crippen LogP) is 2.92. The zero-order valence-corrected chi connectivity index (χ0v) is 15.4. The molecule has 0 spiro atoms. The van der Waals surface area contributed by atoms with Gasteiger partial charge in [0.2, 0.25) is 0 Å². The fraction of sp³-hybridized carbons (Fsp3) is 0.667. The molecule has 2 aliphatic rings. The standard InChI is InChI=1S/C18H25BF2O4/c1-16(2)17(3,4)25-19(24-16)15-13(20)10-12(11-14(15)21)18(22-5)6-8-23-9-7-18/h10-11H,6-9H2,1-5H3. The molecule has 0 bridgehead atoms. The van der Waals surface area contributed by atoms with Crippen LogP contribution in [0.15, 0.2) is 12.1 Å². The molecular formula is C18H25BF2O4. The van der Waals surface area contributed by atoms with Crippen LogP contribution < -0.4 is 5.46 Å². The summed E-state index contributed by atoms with van der Waals surface area (Å²) in [6, 6.07) is 2.66. The van der Waals surface area contributed by atoms with Gasteiger partial charge in [-0.15, -0.1) is 0 Å². The maximum absolute atomic E-state index is 14.8. The quantitative estimate of drug-likeness (QED) is 0.783. The van der Waals surface area contributed by atoms with Gasteiger partial charge in [0.1, 0.15) is 11.6 Å². The third-order valence-corrected chi connectivity index (χ3v) is 5.79. The molecular weight excluding hydrogens is 329 g/mol. The summed E-state index contributed by atoms with van der Waals surface area (Å²) < 4.78 is 52.3. The molecule has 138 valence electrons. The first-order chi connectivity index (χ1) is 11.6. The van der Waals surface area contributed by atoms with Crippen LogP contribution in [0.2, 0.25) is 0 Å². The third-order valence-electron chi connectivity index (χ3n) is 5.79. The van der Waals surface area contributed by atoms with E-state index in [0.717, 1.165) is 0 Å². The smallest absolute Gasteiger partial charge is 0.399 e. The van der Waals surface area contributed by atoms with Crippen molar-refractivity contribution < 1.29 is 27.6 Å². The van der Waals surface area contributed by atoms with Gasteiger partial charge in [-0.2, -0.15) is 0 Å². The maximum Gasteiger partial charge on any atom is 0.500 e. The molecule has 0 saturated carbocycles. The van der Waals surface area contributed by atoms with E-state index in [-0.39, 0.29) is 5.46 Å². The van der Waals surface area contributed by atoms with E-state index in [1.54, 1.807) is 7.11 Å². The number of ether oxygens (including phenoxy) is 2. The van der Waals surface area contributed by atoms with Gasteiger partial charge in [-0.05, 0) is 45.4 Å². The van der Waals surface area contributed by atoms with Gasteiger partial charge < -0.3 is 18.8 Å². The summed E-state index contributed by atoms with van der Waals surface area (Å²) in [6.07, 6.45) is 1.11. The van der Waals surface area contributed by atoms with Crippen molar-refractivity contribution in [3.05, 3.63) is 29.3 Å². The van der Waals surface area contributed by atoms with E-state index in [1.165, 1.54) is 12.1 Å². The van der Waals surface area contributed by atoms with Crippen LogP contribution in [0.4, 0.5) is 8.78 Å². The number of methoxy groups -OCH3 is 1. The highest BCUT2D eigenvalue weighted by atomic mass is 19.1. The summed E-state index contributed by atoms with van der Waals surface area (Å²) in [7, 11) is 0.482. The van der Waals surface area contributed by atoms with Crippen LogP contribution in [0.25, 0.3) is 0 Å². The van der Waals surface area contributed by atoms with Crippen LogP contribution in [-0.4, -0.2) is 38.6 Å². The second kappa shape index (κ2) is 6.30. The van der Waals surface area contributed by atoms with Crippen LogP contribution in [-0.2, 0) is 24.4 Å². The van der Waals surface area contributed by atoms with Gasteiger partial charge in [0.25, 0.3) is 0 Å². The Morgan fingerprint density at radius 2 is 1.44 bits per heavy atom. The molecule has 2 fully saturated rings. The summed E-state index contributed by atoms with van der Waals surface area (Å²) in [6.45, 7) is 8.38. The molecule has 7 heteroatoms. The number of halogens is 2. The lowest BCUT2D eigenvalue weighted by Gasteiger charge is -2.36. The molecule has 0 unspecified atom stereocenters. The van der Waals surface area contributed by atoms with E-state index in [1.807, 2.05) is 27.7 Å². The molecule has 0 radical (unpaired) electrons. The molecule has 2 heterocycles. The highest BCUT2D eigenvalue weighted by Crippen LogP contribution is 2.38. The van der Waals surface area contributed by atoms with Crippen LogP contribution >= 0.6 is 0 Å². The van der Waals surface area contributed by atoms with E-state index >= 15 is 0 Å². The molecule has 3 rings (SSSR count). The maximum atomic E-state index is 14.8. The molecule has 0 atom stereocenters. The highest BCUT2D eigenvalue weighted by molar-refractivity contribution is 6.62. The van der Waals surface area contributed by atoms with Crippen molar-refractivity contribution >= 4 is 12.6 Å². The summed E-state index contributed by atoms with van der Waals surface area (Å²) >= 11 is 0. The molecule has 25 heavy (non-hydrogen) atoms. The van der Waals surface area contributed by atoms with Crippen molar-refractivity contribution in [2.75, 3.05) is 20.3 Å². The fourth-order valence-corrected chi connectivity index (χ4v) is 3.35. The Bertz CT molecular complexity index is 617. The van der Waals surface area contributed by atoms with Crippen molar-refractivity contribution in [1.82, 2.24) is 0 Å². The number of rotatable bonds is 3. The van der Waals surface area contributed by atoms with Gasteiger partial charge in [0.15, 0.2) is 0 Å². The van der Waals surface area contributed by atoms with Gasteiger partial charge in [-0.3, -0.25) is 0 Å². The van der Waals surface area contributed by atoms with Crippen molar-refractivity contribution in [2.24, 2.45) is 0 Å². The Kier molecular flexibility index (Phi) is 4.73. The Balaban J connectivity index is 1.97. The number of hydrogen-bond acceptors (Lipinski definition) is 4. The Morgan fingerprint density at radius 3 is 1.88 bits per heavy atom. The Labute approximate surface area is 147 Å². The van der Waals surface area contributed by atoms with Gasteiger partial charge in [0.05, 0.1) is 22.3 Å². The predicted molar refractivity (Wildman–Crippen MR) is 90.8 cm³/mol. The molecule has 0 aliphatic carbocycles. The van der Waals surface area contributed by atoms with Crippen LogP contribution in [0.1, 0.15) is 46.1 Å². The monoisotopic (exact) mass is 354 g/mol. The minimum absolute atomic E-state index is 0.194. The molecule has 0 aromatic heterocycles. The third kappa shape index (κ3) is 3.12. The second-order valence-corrected chi connectivity index (χ2v) is 7.75. The molecule has 4 nitrogen and oxygen atoms in total. The zero-order valence-electron chi connectivity index (χ0n) is 15.4. The summed E-state index contributed by atoms with van der Waals surface area (Å²) in [5.74, 6) is -1.37. The van der Waals surface area contributed by atoms with Crippen molar-refractivity contribution in [1.29, 1.82) is 0 Å². The molecule has 0 amide bonds. The topological polar surface area (TPSA) is 36.9 Å². The summed E-state index contributed by atoms with van der Waals surface area (Å²) in [5, 5.41) is 0. The van der Waals surface area contributed by atoms with Gasteiger partial charge >= 0.3 is 7.12 Å². The number of benzene rings is 1. The van der Waals surface area contributed by atoms with E-state index in [2.05, 4.69) is 0 Å². The Morgan fingerprint density at radius 1 is 0.960 bits per heavy atom. The van der Waals surface area contributed by atoms with Crippen LogP contribution in [0.3, 0.4) is 0 Å². The molecule has 2 aliphatic heterocycles. The number of hydrogen-bond donors (Lipinski definition) is 0. The fourth-order valence-electron chi connectivity index (χ4n) is 3.35. The normalized spacial score (nSPS) is 24.5. The summed E-state index contributed by atoms with van der Waals surface area (Å²) in [5.41, 5.74) is -1.77. The van der Waals surface area contributed by atoms with Crippen molar-refractivity contribution in [3.8, 4) is 0 Å². The second-order valence-electron chi connectivity index (χ2n) is 7.75. The van der Waals surface area contributed by atoms with Gasteiger partial charge in [-0.1, -0.05) is 0 Å². The first kappa shape index (κ1) is 18.8. The van der Waals surface area contributed by atoms with Crippen molar-refractivity contribution in [2.45, 2.75) is 57.3 Å². The molecule has 1 aromatic rings. The highest BCUT2D eigenvalue weighted by Gasteiger charge is 2.53. The van der Waals surface area contributed by atoms with Gasteiger partial charge in [-0.25, -0.2) is 8.78 Å². The average molecular weight is 354 g/mol. The first-order valence-corrected chi connectivity index (χ1v) is 8.60. The average Bonchev–Trinajstić information content (AvgIpc) is 2.75. The van der Waals surface area contributed by atoms with E-state index < -0.39 is 35.6 Å². The minimum atomic E-state index is -1.08. The lowest BCUT2D eigenvalue weighted by atomic mass is 9.76. The molecule has 2 saturated heterocycles. The van der Waals surface area contributed by atoms with Crippen molar-refractivity contribution in [3.63, 3.8) is 0 Å². The van der Waals surface area contributed by atoms with Crippen LogP contribution in [0, 0.1) is 11.6 Å². The Hall–Kier alpha value is -1.02. The van der Waals surface area contributed by atoms with Gasteiger partial charge in [0, 0.05) is 33.2 Å². The SMILES string of the molecule is COC1(c2cc(F)c(B3OC(C)(C)C(C)(C)O3)c(F)c2)CCOCC1. The molecule has 0 N–H and O–H groups in total. The molecule has 1 aromatic carbocycles. The largest absolute Gasteiger partial charge is 0.500 e. The lowest BCUT2D eigenvalue weighted by molar-refractivity contribution is -0.0950. The minimum Gasteiger partial charge on any atom is -0.399 e. The van der Waals surface area contributed by atoms with Crippen LogP contribution in [0.5, 0.6) is 0 Å². The van der Waals surface area contributed by atoms with E-state index in [9.17, 15) is 8.78 Å². The first-order valence-electron chi connectivity index (χ1n) is 8.60. The summed E-state index contributed by atoms with van der Waals surface area (Å²) in [4.78, 5) is 0. The van der Waals surface area contributed by atoms with E-state index in [4.69, 9.17) is 18.8 Å². The van der Waals surface area contributed by atoms with E-state index in [0.29, 0.717) is 31.6 Å². The lowest BCUT2D eigenvalue weighted by Crippen LogP contribution is -2.41.